The predicted molar refractivity (Wildman–Crippen MR) is 79.8 cm³/mol. The molecular formula is C15H20N2O4. The summed E-state index contributed by atoms with van der Waals surface area (Å²) >= 11 is 0. The molecule has 21 heavy (non-hydrogen) atoms. The fraction of sp³-hybridized carbons (Fsp3) is 0.400. The van der Waals surface area contributed by atoms with Gasteiger partial charge in [-0.05, 0) is 24.6 Å². The molecule has 0 fully saturated rings. The number of nitrogens with two attached hydrogens (primary N) is 1. The van der Waals surface area contributed by atoms with Crippen LogP contribution in [0, 0.1) is 0 Å². The van der Waals surface area contributed by atoms with Crippen molar-refractivity contribution in [3.8, 4) is 11.5 Å². The third-order valence-electron chi connectivity index (χ3n) is 3.41. The van der Waals surface area contributed by atoms with Gasteiger partial charge in [0.1, 0.15) is 6.54 Å². The lowest BCUT2D eigenvalue weighted by molar-refractivity contribution is -0.141. The highest BCUT2D eigenvalue weighted by Crippen LogP contribution is 2.34. The molecule has 1 aromatic carbocycles. The normalized spacial score (nSPS) is 10.7. The Bertz CT molecular complexity index is 649. The van der Waals surface area contributed by atoms with Crippen LogP contribution >= 0.6 is 0 Å². The van der Waals surface area contributed by atoms with Crippen molar-refractivity contribution in [3.63, 3.8) is 0 Å². The maximum Gasteiger partial charge on any atom is 0.325 e. The quantitative estimate of drug-likeness (QED) is 0.813. The second-order valence-electron chi connectivity index (χ2n) is 4.62. The van der Waals surface area contributed by atoms with Crippen molar-refractivity contribution in [2.75, 3.05) is 27.9 Å². The molecular weight excluding hydrogens is 272 g/mol. The molecule has 0 saturated heterocycles. The van der Waals surface area contributed by atoms with E-state index in [4.69, 9.17) is 19.9 Å². The van der Waals surface area contributed by atoms with E-state index < -0.39 is 0 Å². The first-order valence-electron chi connectivity index (χ1n) is 6.65. The number of hydrogen-bond acceptors (Lipinski definition) is 5. The van der Waals surface area contributed by atoms with Gasteiger partial charge in [-0.1, -0.05) is 0 Å². The zero-order valence-electron chi connectivity index (χ0n) is 12.5. The second-order valence-corrected chi connectivity index (χ2v) is 4.62. The minimum Gasteiger partial charge on any atom is -0.493 e. The molecule has 0 amide bonds. The predicted octanol–water partition coefficient (Wildman–Crippen LogP) is 1.33. The molecule has 0 saturated carbocycles. The molecule has 0 spiro atoms. The maximum atomic E-state index is 11.5. The van der Waals surface area contributed by atoms with Gasteiger partial charge in [0.15, 0.2) is 11.5 Å². The van der Waals surface area contributed by atoms with Crippen molar-refractivity contribution < 1.29 is 19.0 Å². The lowest BCUT2D eigenvalue weighted by atomic mass is 10.1. The Hall–Kier alpha value is -2.21. The van der Waals surface area contributed by atoms with Crippen LogP contribution in [0.2, 0.25) is 0 Å². The smallest absolute Gasteiger partial charge is 0.325 e. The van der Waals surface area contributed by atoms with E-state index in [0.29, 0.717) is 18.0 Å². The van der Waals surface area contributed by atoms with E-state index in [2.05, 4.69) is 0 Å². The van der Waals surface area contributed by atoms with Crippen LogP contribution in [-0.2, 0) is 22.5 Å². The zero-order chi connectivity index (χ0) is 15.4. The largest absolute Gasteiger partial charge is 0.493 e. The fourth-order valence-electron chi connectivity index (χ4n) is 2.38. The van der Waals surface area contributed by atoms with Gasteiger partial charge in [-0.25, -0.2) is 0 Å². The van der Waals surface area contributed by atoms with E-state index in [0.717, 1.165) is 22.9 Å². The number of fused-ring (bicyclic) bond motifs is 1. The number of esters is 1. The summed E-state index contributed by atoms with van der Waals surface area (Å²) in [6, 6.07) is 3.77. The van der Waals surface area contributed by atoms with Crippen LogP contribution in [0.4, 0.5) is 0 Å². The molecule has 1 heterocycles. The molecule has 114 valence electrons. The first kappa shape index (κ1) is 15.2. The Morgan fingerprint density at radius 3 is 2.43 bits per heavy atom. The molecule has 2 rings (SSSR count). The van der Waals surface area contributed by atoms with Crippen LogP contribution in [0.3, 0.4) is 0 Å². The minimum absolute atomic E-state index is 0.146. The summed E-state index contributed by atoms with van der Waals surface area (Å²) in [5, 5.41) is 1.00. The maximum absolute atomic E-state index is 11.5. The molecule has 0 radical (unpaired) electrons. The zero-order valence-corrected chi connectivity index (χ0v) is 12.5. The molecule has 0 aliphatic carbocycles. The molecule has 2 aromatic rings. The number of rotatable bonds is 6. The topological polar surface area (TPSA) is 75.7 Å². The van der Waals surface area contributed by atoms with Gasteiger partial charge in [-0.15, -0.1) is 0 Å². The number of aromatic nitrogens is 1. The third-order valence-corrected chi connectivity index (χ3v) is 3.41. The molecule has 0 aliphatic rings. The van der Waals surface area contributed by atoms with E-state index in [1.807, 2.05) is 22.9 Å². The van der Waals surface area contributed by atoms with Gasteiger partial charge in [-0.2, -0.15) is 0 Å². The van der Waals surface area contributed by atoms with Crippen LogP contribution in [-0.4, -0.2) is 38.4 Å². The van der Waals surface area contributed by atoms with Crippen molar-refractivity contribution in [3.05, 3.63) is 23.9 Å². The highest BCUT2D eigenvalue weighted by Gasteiger charge is 2.15. The number of carbonyl (C=O) groups excluding carboxylic acids is 1. The Morgan fingerprint density at radius 2 is 1.86 bits per heavy atom. The summed E-state index contributed by atoms with van der Waals surface area (Å²) in [5.41, 5.74) is 7.62. The average Bonchev–Trinajstić information content (AvgIpc) is 2.83. The Kier molecular flexibility index (Phi) is 4.70. The lowest BCUT2D eigenvalue weighted by Crippen LogP contribution is -2.10. The van der Waals surface area contributed by atoms with Gasteiger partial charge in [0, 0.05) is 17.6 Å². The van der Waals surface area contributed by atoms with Gasteiger partial charge >= 0.3 is 5.97 Å². The highest BCUT2D eigenvalue weighted by atomic mass is 16.5. The van der Waals surface area contributed by atoms with Crippen molar-refractivity contribution >= 4 is 16.9 Å². The summed E-state index contributed by atoms with van der Waals surface area (Å²) < 4.78 is 17.2. The Balaban J connectivity index is 2.60. The third kappa shape index (κ3) is 2.95. The van der Waals surface area contributed by atoms with E-state index in [9.17, 15) is 4.79 Å². The van der Waals surface area contributed by atoms with E-state index in [1.165, 1.54) is 7.11 Å². The van der Waals surface area contributed by atoms with E-state index in [1.54, 1.807) is 14.2 Å². The van der Waals surface area contributed by atoms with Crippen molar-refractivity contribution in [2.45, 2.75) is 13.0 Å². The SMILES string of the molecule is COC(=O)Cn1cc(CCN)c2cc(OC)c(OC)cc21. The number of nitrogens with zero attached hydrogens (tertiary/aromatic N) is 1. The number of benzene rings is 1. The monoisotopic (exact) mass is 292 g/mol. The van der Waals surface area contributed by atoms with Gasteiger partial charge in [0.25, 0.3) is 0 Å². The molecule has 6 heteroatoms. The van der Waals surface area contributed by atoms with Crippen LogP contribution in [0.5, 0.6) is 11.5 Å². The number of methoxy groups -OCH3 is 3. The summed E-state index contributed by atoms with van der Waals surface area (Å²) in [5.74, 6) is 0.966. The van der Waals surface area contributed by atoms with Crippen LogP contribution < -0.4 is 15.2 Å². The fourth-order valence-corrected chi connectivity index (χ4v) is 2.38. The van der Waals surface area contributed by atoms with Crippen LogP contribution in [0.15, 0.2) is 18.3 Å². The Morgan fingerprint density at radius 1 is 1.19 bits per heavy atom. The second kappa shape index (κ2) is 6.49. The van der Waals surface area contributed by atoms with Crippen LogP contribution in [0.1, 0.15) is 5.56 Å². The van der Waals surface area contributed by atoms with Crippen LogP contribution in [0.25, 0.3) is 10.9 Å². The van der Waals surface area contributed by atoms with E-state index in [-0.39, 0.29) is 12.5 Å². The molecule has 1 aromatic heterocycles. The average molecular weight is 292 g/mol. The number of ether oxygens (including phenoxy) is 3. The highest BCUT2D eigenvalue weighted by molar-refractivity contribution is 5.88. The standard InChI is InChI=1S/C15H20N2O4/c1-19-13-6-11-10(4-5-16)8-17(9-15(18)21-3)12(11)7-14(13)20-2/h6-8H,4-5,9,16H2,1-3H3. The van der Waals surface area contributed by atoms with Crippen molar-refractivity contribution in [1.29, 1.82) is 0 Å². The number of carbonyl (C=O) groups is 1. The number of hydrogen-bond donors (Lipinski definition) is 1. The van der Waals surface area contributed by atoms with Crippen molar-refractivity contribution in [1.82, 2.24) is 4.57 Å². The lowest BCUT2D eigenvalue weighted by Gasteiger charge is -2.09. The van der Waals surface area contributed by atoms with Gasteiger partial charge in [-0.3, -0.25) is 4.79 Å². The molecule has 0 aliphatic heterocycles. The molecule has 6 nitrogen and oxygen atoms in total. The minimum atomic E-state index is -0.305. The Labute approximate surface area is 123 Å². The van der Waals surface area contributed by atoms with Gasteiger partial charge < -0.3 is 24.5 Å². The molecule has 2 N–H and O–H groups in total. The summed E-state index contributed by atoms with van der Waals surface area (Å²) in [6.07, 6.45) is 2.65. The first-order chi connectivity index (χ1) is 10.1. The summed E-state index contributed by atoms with van der Waals surface area (Å²) in [7, 11) is 4.55. The first-order valence-corrected chi connectivity index (χ1v) is 6.65. The van der Waals surface area contributed by atoms with Gasteiger partial charge in [0.05, 0.1) is 26.8 Å². The molecule has 0 unspecified atom stereocenters. The molecule has 0 bridgehead atoms. The van der Waals surface area contributed by atoms with Gasteiger partial charge in [0.2, 0.25) is 0 Å². The van der Waals surface area contributed by atoms with E-state index >= 15 is 0 Å². The molecule has 0 atom stereocenters. The summed E-state index contributed by atoms with van der Waals surface area (Å²) in [6.45, 7) is 0.679. The summed E-state index contributed by atoms with van der Waals surface area (Å²) in [4.78, 5) is 11.5. The van der Waals surface area contributed by atoms with Crippen molar-refractivity contribution in [2.24, 2.45) is 5.73 Å².